The Morgan fingerprint density at radius 2 is 2.05 bits per heavy atom. The summed E-state index contributed by atoms with van der Waals surface area (Å²) in [6.07, 6.45) is 6.40. The molecule has 0 bridgehead atoms. The number of terminal acetylenes is 1. The van der Waals surface area contributed by atoms with E-state index in [-0.39, 0.29) is 13.2 Å². The van der Waals surface area contributed by atoms with Crippen molar-refractivity contribution in [1.82, 2.24) is 0 Å². The van der Waals surface area contributed by atoms with Gasteiger partial charge in [-0.25, -0.2) is 0 Å². The van der Waals surface area contributed by atoms with Gasteiger partial charge in [0.15, 0.2) is 6.29 Å². The summed E-state index contributed by atoms with van der Waals surface area (Å²) in [5.41, 5.74) is 0. The lowest BCUT2D eigenvalue weighted by atomic mass is 10.1. The number of rotatable bonds is 5. The molecule has 0 radical (unpaired) electrons. The van der Waals surface area contributed by atoms with Gasteiger partial charge in [-0.2, -0.15) is 0 Å². The second kappa shape index (κ2) is 7.56. The molecule has 0 saturated heterocycles. The monoisotopic (exact) mass is 268 g/mol. The van der Waals surface area contributed by atoms with Crippen LogP contribution in [0.1, 0.15) is 13.8 Å². The third kappa shape index (κ3) is 5.55. The van der Waals surface area contributed by atoms with Gasteiger partial charge in [-0.05, 0) is 12.2 Å². The maximum Gasteiger partial charge on any atom is 0.303 e. The summed E-state index contributed by atoms with van der Waals surface area (Å²) in [6, 6.07) is 0. The van der Waals surface area contributed by atoms with E-state index < -0.39 is 30.4 Å². The highest BCUT2D eigenvalue weighted by molar-refractivity contribution is 5.66. The standard InChI is InChI=1S/C13H16O6/c1-4-7-16-13-6-5-11(18-10(3)15)12(19-13)8-17-9(2)14/h1,5-6,11-13H,7-8H2,2-3H3/t11-,12+,13?/m0/s1. The molecule has 3 atom stereocenters. The van der Waals surface area contributed by atoms with E-state index in [1.807, 2.05) is 0 Å². The Kier molecular flexibility index (Phi) is 6.06. The summed E-state index contributed by atoms with van der Waals surface area (Å²) in [6.45, 7) is 2.63. The summed E-state index contributed by atoms with van der Waals surface area (Å²) in [4.78, 5) is 21.8. The zero-order chi connectivity index (χ0) is 14.3. The van der Waals surface area contributed by atoms with E-state index in [2.05, 4.69) is 5.92 Å². The third-order valence-electron chi connectivity index (χ3n) is 2.22. The first kappa shape index (κ1) is 15.2. The number of carbonyl (C=O) groups excluding carboxylic acids is 2. The Balaban J connectivity index is 2.63. The van der Waals surface area contributed by atoms with Gasteiger partial charge in [-0.1, -0.05) is 5.92 Å². The van der Waals surface area contributed by atoms with Crippen LogP contribution < -0.4 is 0 Å². The highest BCUT2D eigenvalue weighted by Crippen LogP contribution is 2.17. The topological polar surface area (TPSA) is 71.1 Å². The predicted octanol–water partition coefficient (Wildman–Crippen LogP) is 0.412. The van der Waals surface area contributed by atoms with E-state index in [0.717, 1.165) is 0 Å². The lowest BCUT2D eigenvalue weighted by Gasteiger charge is -2.30. The van der Waals surface area contributed by atoms with Crippen LogP contribution in [0.2, 0.25) is 0 Å². The van der Waals surface area contributed by atoms with Crippen molar-refractivity contribution in [2.24, 2.45) is 0 Å². The summed E-state index contributed by atoms with van der Waals surface area (Å²) in [5.74, 6) is 1.42. The Morgan fingerprint density at radius 1 is 1.32 bits per heavy atom. The number of hydrogen-bond donors (Lipinski definition) is 0. The molecule has 0 aliphatic carbocycles. The number of esters is 2. The first-order chi connectivity index (χ1) is 9.02. The van der Waals surface area contributed by atoms with Crippen molar-refractivity contribution in [2.75, 3.05) is 13.2 Å². The van der Waals surface area contributed by atoms with Crippen LogP contribution >= 0.6 is 0 Å². The molecule has 0 spiro atoms. The zero-order valence-corrected chi connectivity index (χ0v) is 10.8. The van der Waals surface area contributed by atoms with Gasteiger partial charge in [0, 0.05) is 13.8 Å². The number of carbonyl (C=O) groups is 2. The molecule has 1 unspecified atom stereocenters. The Bertz CT molecular complexity index is 394. The molecule has 0 fully saturated rings. The lowest BCUT2D eigenvalue weighted by molar-refractivity contribution is -0.193. The van der Waals surface area contributed by atoms with E-state index >= 15 is 0 Å². The SMILES string of the molecule is C#CCOC1C=C[C@H](OC(C)=O)[C@@H](COC(C)=O)O1. The molecule has 1 rings (SSSR count). The molecule has 0 aromatic rings. The summed E-state index contributed by atoms with van der Waals surface area (Å²) in [7, 11) is 0. The normalized spacial score (nSPS) is 25.4. The minimum atomic E-state index is -0.650. The van der Waals surface area contributed by atoms with Gasteiger partial charge in [-0.15, -0.1) is 6.42 Å². The molecule has 0 aromatic carbocycles. The van der Waals surface area contributed by atoms with Crippen LogP contribution in [0.3, 0.4) is 0 Å². The van der Waals surface area contributed by atoms with Crippen LogP contribution in [-0.2, 0) is 28.5 Å². The molecular formula is C13H16O6. The fourth-order valence-electron chi connectivity index (χ4n) is 1.48. The Hall–Kier alpha value is -1.84. The number of hydrogen-bond acceptors (Lipinski definition) is 6. The summed E-state index contributed by atoms with van der Waals surface area (Å²) < 4.78 is 20.6. The first-order valence-corrected chi connectivity index (χ1v) is 5.72. The third-order valence-corrected chi connectivity index (χ3v) is 2.22. The van der Waals surface area contributed by atoms with Gasteiger partial charge < -0.3 is 18.9 Å². The van der Waals surface area contributed by atoms with E-state index in [1.54, 1.807) is 12.2 Å². The fourth-order valence-corrected chi connectivity index (χ4v) is 1.48. The molecule has 0 saturated carbocycles. The molecule has 0 N–H and O–H groups in total. The van der Waals surface area contributed by atoms with E-state index in [1.165, 1.54) is 13.8 Å². The second-order valence-electron chi connectivity index (χ2n) is 3.82. The highest BCUT2D eigenvalue weighted by Gasteiger charge is 2.30. The molecule has 1 heterocycles. The van der Waals surface area contributed by atoms with Crippen molar-refractivity contribution >= 4 is 11.9 Å². The fraction of sp³-hybridized carbons (Fsp3) is 0.538. The summed E-state index contributed by atoms with van der Waals surface area (Å²) >= 11 is 0. The molecule has 19 heavy (non-hydrogen) atoms. The van der Waals surface area contributed by atoms with Gasteiger partial charge in [-0.3, -0.25) is 9.59 Å². The van der Waals surface area contributed by atoms with Gasteiger partial charge in [0.25, 0.3) is 0 Å². The second-order valence-corrected chi connectivity index (χ2v) is 3.82. The smallest absolute Gasteiger partial charge is 0.303 e. The van der Waals surface area contributed by atoms with Crippen molar-refractivity contribution in [1.29, 1.82) is 0 Å². The van der Waals surface area contributed by atoms with E-state index in [9.17, 15) is 9.59 Å². The van der Waals surface area contributed by atoms with Gasteiger partial charge in [0.2, 0.25) is 0 Å². The largest absolute Gasteiger partial charge is 0.463 e. The Labute approximate surface area is 111 Å². The van der Waals surface area contributed by atoms with Crippen LogP contribution in [0.15, 0.2) is 12.2 Å². The van der Waals surface area contributed by atoms with Gasteiger partial charge >= 0.3 is 11.9 Å². The van der Waals surface area contributed by atoms with Crippen LogP contribution in [0.4, 0.5) is 0 Å². The molecule has 1 aliphatic rings. The highest BCUT2D eigenvalue weighted by atomic mass is 16.7. The lowest BCUT2D eigenvalue weighted by Crippen LogP contribution is -2.42. The minimum Gasteiger partial charge on any atom is -0.463 e. The van der Waals surface area contributed by atoms with Crippen LogP contribution in [0.5, 0.6) is 0 Å². The Morgan fingerprint density at radius 3 is 2.63 bits per heavy atom. The van der Waals surface area contributed by atoms with Crippen LogP contribution in [0.25, 0.3) is 0 Å². The van der Waals surface area contributed by atoms with Crippen LogP contribution in [0, 0.1) is 12.3 Å². The van der Waals surface area contributed by atoms with E-state index in [0.29, 0.717) is 0 Å². The van der Waals surface area contributed by atoms with Gasteiger partial charge in [0.05, 0.1) is 0 Å². The molecule has 0 amide bonds. The molecule has 104 valence electrons. The molecule has 0 aromatic heterocycles. The van der Waals surface area contributed by atoms with Crippen molar-refractivity contribution in [3.63, 3.8) is 0 Å². The minimum absolute atomic E-state index is 0.0342. The summed E-state index contributed by atoms with van der Waals surface area (Å²) in [5, 5.41) is 0. The number of ether oxygens (including phenoxy) is 4. The average molecular weight is 268 g/mol. The average Bonchev–Trinajstić information content (AvgIpc) is 2.35. The molecular weight excluding hydrogens is 252 g/mol. The predicted molar refractivity (Wildman–Crippen MR) is 64.8 cm³/mol. The zero-order valence-electron chi connectivity index (χ0n) is 10.8. The van der Waals surface area contributed by atoms with Crippen molar-refractivity contribution in [3.8, 4) is 12.3 Å². The van der Waals surface area contributed by atoms with Crippen molar-refractivity contribution < 1.29 is 28.5 Å². The quantitative estimate of drug-likeness (QED) is 0.408. The first-order valence-electron chi connectivity index (χ1n) is 5.72. The molecule has 6 nitrogen and oxygen atoms in total. The van der Waals surface area contributed by atoms with Crippen LogP contribution in [-0.4, -0.2) is 43.7 Å². The maximum absolute atomic E-state index is 11.0. The van der Waals surface area contributed by atoms with Crippen molar-refractivity contribution in [2.45, 2.75) is 32.3 Å². The molecule has 1 aliphatic heterocycles. The van der Waals surface area contributed by atoms with Gasteiger partial charge in [0.1, 0.15) is 25.4 Å². The maximum atomic E-state index is 11.0. The van der Waals surface area contributed by atoms with Crippen molar-refractivity contribution in [3.05, 3.63) is 12.2 Å². The van der Waals surface area contributed by atoms with E-state index in [4.69, 9.17) is 25.4 Å². The molecule has 6 heteroatoms.